The quantitative estimate of drug-likeness (QED) is 0.677. The maximum atomic E-state index is 11.8. The molecular formula is C18H24N2O4. The third kappa shape index (κ3) is 5.95. The van der Waals surface area contributed by atoms with Crippen molar-refractivity contribution in [2.75, 3.05) is 20.3 Å². The van der Waals surface area contributed by atoms with Gasteiger partial charge in [-0.05, 0) is 43.0 Å². The Balaban J connectivity index is 1.85. The average molecular weight is 332 g/mol. The molecular weight excluding hydrogens is 308 g/mol. The Morgan fingerprint density at radius 2 is 2.08 bits per heavy atom. The zero-order chi connectivity index (χ0) is 17.4. The fourth-order valence-electron chi connectivity index (χ4n) is 2.02. The monoisotopic (exact) mass is 332 g/mol. The molecule has 24 heavy (non-hydrogen) atoms. The van der Waals surface area contributed by atoms with Crippen LogP contribution < -0.4 is 20.1 Å². The molecule has 6 heteroatoms. The molecule has 2 rings (SSSR count). The van der Waals surface area contributed by atoms with Gasteiger partial charge in [-0.25, -0.2) is 0 Å². The molecule has 6 nitrogen and oxygen atoms in total. The van der Waals surface area contributed by atoms with Crippen LogP contribution in [0, 0.1) is 0 Å². The number of amides is 2. The molecule has 0 bridgehead atoms. The van der Waals surface area contributed by atoms with Gasteiger partial charge < -0.3 is 20.1 Å². The molecule has 2 N–H and O–H groups in total. The van der Waals surface area contributed by atoms with Crippen molar-refractivity contribution in [3.05, 3.63) is 29.8 Å². The van der Waals surface area contributed by atoms with Gasteiger partial charge in [-0.2, -0.15) is 0 Å². The van der Waals surface area contributed by atoms with Gasteiger partial charge in [0.05, 0.1) is 20.3 Å². The van der Waals surface area contributed by atoms with Crippen LogP contribution in [0.25, 0.3) is 6.08 Å². The van der Waals surface area contributed by atoms with E-state index in [0.717, 1.165) is 24.8 Å². The lowest BCUT2D eigenvalue weighted by Gasteiger charge is -2.10. The van der Waals surface area contributed by atoms with Crippen LogP contribution >= 0.6 is 0 Å². The number of rotatable bonds is 9. The zero-order valence-corrected chi connectivity index (χ0v) is 14.1. The molecule has 130 valence electrons. The molecule has 0 atom stereocenters. The molecule has 0 heterocycles. The molecule has 1 fully saturated rings. The van der Waals surface area contributed by atoms with Gasteiger partial charge in [0, 0.05) is 12.1 Å². The zero-order valence-electron chi connectivity index (χ0n) is 14.1. The highest BCUT2D eigenvalue weighted by atomic mass is 16.5. The molecule has 2 amide bonds. The van der Waals surface area contributed by atoms with Gasteiger partial charge in [-0.15, -0.1) is 0 Å². The van der Waals surface area contributed by atoms with E-state index in [1.54, 1.807) is 19.3 Å². The van der Waals surface area contributed by atoms with Gasteiger partial charge in [-0.1, -0.05) is 13.0 Å². The Morgan fingerprint density at radius 1 is 1.29 bits per heavy atom. The van der Waals surface area contributed by atoms with E-state index in [1.807, 2.05) is 19.1 Å². The van der Waals surface area contributed by atoms with Crippen LogP contribution in [0.4, 0.5) is 0 Å². The van der Waals surface area contributed by atoms with Gasteiger partial charge in [0.15, 0.2) is 11.5 Å². The van der Waals surface area contributed by atoms with Crippen molar-refractivity contribution in [1.29, 1.82) is 0 Å². The summed E-state index contributed by atoms with van der Waals surface area (Å²) in [5.41, 5.74) is 0.813. The first-order valence-corrected chi connectivity index (χ1v) is 8.18. The summed E-state index contributed by atoms with van der Waals surface area (Å²) in [5.74, 6) is 0.831. The van der Waals surface area contributed by atoms with Gasteiger partial charge in [0.25, 0.3) is 0 Å². The largest absolute Gasteiger partial charge is 0.493 e. The first-order chi connectivity index (χ1) is 11.6. The van der Waals surface area contributed by atoms with E-state index in [0.29, 0.717) is 24.1 Å². The van der Waals surface area contributed by atoms with Crippen molar-refractivity contribution < 1.29 is 19.1 Å². The SMILES string of the molecule is CCCOc1ccc(/C=C/C(=O)NCC(=O)NC2CC2)cc1OC. The maximum Gasteiger partial charge on any atom is 0.244 e. The fourth-order valence-corrected chi connectivity index (χ4v) is 2.02. The van der Waals surface area contributed by atoms with E-state index in [4.69, 9.17) is 9.47 Å². The predicted octanol–water partition coefficient (Wildman–Crippen LogP) is 1.89. The molecule has 0 unspecified atom stereocenters. The summed E-state index contributed by atoms with van der Waals surface area (Å²) < 4.78 is 10.9. The second-order valence-electron chi connectivity index (χ2n) is 5.65. The number of carbonyl (C=O) groups is 2. The molecule has 0 aromatic heterocycles. The normalized spacial score (nSPS) is 13.6. The van der Waals surface area contributed by atoms with Gasteiger partial charge >= 0.3 is 0 Å². The molecule has 1 saturated carbocycles. The van der Waals surface area contributed by atoms with Crippen LogP contribution in [0.15, 0.2) is 24.3 Å². The van der Waals surface area contributed by atoms with Crippen molar-refractivity contribution in [2.24, 2.45) is 0 Å². The van der Waals surface area contributed by atoms with E-state index < -0.39 is 0 Å². The van der Waals surface area contributed by atoms with Crippen molar-refractivity contribution >= 4 is 17.9 Å². The number of methoxy groups -OCH3 is 1. The number of ether oxygens (including phenoxy) is 2. The number of carbonyl (C=O) groups excluding carboxylic acids is 2. The van der Waals surface area contributed by atoms with Crippen molar-refractivity contribution in [1.82, 2.24) is 10.6 Å². The summed E-state index contributed by atoms with van der Waals surface area (Å²) in [5, 5.41) is 5.37. The molecule has 0 spiro atoms. The first-order valence-electron chi connectivity index (χ1n) is 8.18. The average Bonchev–Trinajstić information content (AvgIpc) is 3.40. The molecule has 0 radical (unpaired) electrons. The number of hydrogen-bond donors (Lipinski definition) is 2. The van der Waals surface area contributed by atoms with E-state index in [2.05, 4.69) is 10.6 Å². The minimum atomic E-state index is -0.314. The molecule has 0 saturated heterocycles. The number of hydrogen-bond acceptors (Lipinski definition) is 4. The van der Waals surface area contributed by atoms with E-state index >= 15 is 0 Å². The standard InChI is InChI=1S/C18H24N2O4/c1-3-10-24-15-8-4-13(11-16(15)23-2)5-9-17(21)19-12-18(22)20-14-6-7-14/h4-5,8-9,11,14H,3,6-7,10,12H2,1-2H3,(H,19,21)(H,20,22)/b9-5+. The summed E-state index contributed by atoms with van der Waals surface area (Å²) in [4.78, 5) is 23.3. The minimum Gasteiger partial charge on any atom is -0.493 e. The van der Waals surface area contributed by atoms with Crippen molar-refractivity contribution in [2.45, 2.75) is 32.2 Å². The van der Waals surface area contributed by atoms with Gasteiger partial charge in [0.1, 0.15) is 0 Å². The smallest absolute Gasteiger partial charge is 0.244 e. The lowest BCUT2D eigenvalue weighted by Crippen LogP contribution is -2.37. The van der Waals surface area contributed by atoms with Crippen molar-refractivity contribution in [3.8, 4) is 11.5 Å². The molecule has 1 aliphatic rings. The second kappa shape index (κ2) is 8.96. The van der Waals surface area contributed by atoms with Crippen LogP contribution in [-0.4, -0.2) is 38.1 Å². The Bertz CT molecular complexity index is 609. The molecule has 1 aromatic rings. The van der Waals surface area contributed by atoms with Crippen LogP contribution in [0.1, 0.15) is 31.7 Å². The number of benzene rings is 1. The Labute approximate surface area is 142 Å². The summed E-state index contributed by atoms with van der Waals surface area (Å²) in [6.07, 6.45) is 6.03. The molecule has 1 aliphatic carbocycles. The molecule has 0 aliphatic heterocycles. The predicted molar refractivity (Wildman–Crippen MR) is 92.0 cm³/mol. The maximum absolute atomic E-state index is 11.8. The lowest BCUT2D eigenvalue weighted by molar-refractivity contribution is -0.124. The highest BCUT2D eigenvalue weighted by Crippen LogP contribution is 2.28. The lowest BCUT2D eigenvalue weighted by atomic mass is 10.2. The highest BCUT2D eigenvalue weighted by molar-refractivity contribution is 5.94. The van der Waals surface area contributed by atoms with E-state index in [9.17, 15) is 9.59 Å². The van der Waals surface area contributed by atoms with Crippen LogP contribution in [-0.2, 0) is 9.59 Å². The third-order valence-electron chi connectivity index (χ3n) is 3.44. The minimum absolute atomic E-state index is 0.00715. The topological polar surface area (TPSA) is 76.7 Å². The summed E-state index contributed by atoms with van der Waals surface area (Å²) in [7, 11) is 1.58. The second-order valence-corrected chi connectivity index (χ2v) is 5.65. The van der Waals surface area contributed by atoms with Crippen LogP contribution in [0.2, 0.25) is 0 Å². The van der Waals surface area contributed by atoms with Gasteiger partial charge in [0.2, 0.25) is 11.8 Å². The van der Waals surface area contributed by atoms with Crippen molar-refractivity contribution in [3.63, 3.8) is 0 Å². The Hall–Kier alpha value is -2.50. The van der Waals surface area contributed by atoms with Gasteiger partial charge in [-0.3, -0.25) is 9.59 Å². The Kier molecular flexibility index (Phi) is 6.66. The fraction of sp³-hybridized carbons (Fsp3) is 0.444. The van der Waals surface area contributed by atoms with Crippen LogP contribution in [0.5, 0.6) is 11.5 Å². The Morgan fingerprint density at radius 3 is 2.75 bits per heavy atom. The third-order valence-corrected chi connectivity index (χ3v) is 3.44. The summed E-state index contributed by atoms with van der Waals surface area (Å²) in [6, 6.07) is 5.76. The van der Waals surface area contributed by atoms with E-state index in [-0.39, 0.29) is 18.4 Å². The van der Waals surface area contributed by atoms with E-state index in [1.165, 1.54) is 6.08 Å². The number of nitrogens with one attached hydrogen (secondary N) is 2. The highest BCUT2D eigenvalue weighted by Gasteiger charge is 2.22. The van der Waals surface area contributed by atoms with Crippen LogP contribution in [0.3, 0.4) is 0 Å². The molecule has 1 aromatic carbocycles. The summed E-state index contributed by atoms with van der Waals surface area (Å²) >= 11 is 0. The first kappa shape index (κ1) is 17.8. The summed E-state index contributed by atoms with van der Waals surface area (Å²) in [6.45, 7) is 2.65.